The Labute approximate surface area is 104 Å². The van der Waals surface area contributed by atoms with Crippen molar-refractivity contribution in [1.29, 1.82) is 5.26 Å². The number of aromatic nitrogens is 1. The number of nitrogens with zero attached hydrogens (tertiary/aromatic N) is 2. The summed E-state index contributed by atoms with van der Waals surface area (Å²) in [6.45, 7) is 2.70. The average molecular weight is 245 g/mol. The third-order valence-corrected chi connectivity index (χ3v) is 2.47. The van der Waals surface area contributed by atoms with E-state index in [-0.39, 0.29) is 5.82 Å². The summed E-state index contributed by atoms with van der Waals surface area (Å²) in [6, 6.07) is 8.15. The van der Waals surface area contributed by atoms with Gasteiger partial charge in [-0.2, -0.15) is 5.26 Å². The molecule has 0 fully saturated rings. The van der Waals surface area contributed by atoms with Crippen molar-refractivity contribution in [3.8, 4) is 6.07 Å². The molecule has 0 radical (unpaired) electrons. The molecule has 5 heteroatoms. The van der Waals surface area contributed by atoms with Crippen molar-refractivity contribution in [1.82, 2.24) is 10.5 Å². The molecule has 0 aliphatic rings. The van der Waals surface area contributed by atoms with Crippen molar-refractivity contribution in [2.75, 3.05) is 0 Å². The Hall–Kier alpha value is -2.19. The molecule has 0 aliphatic heterocycles. The molecule has 0 unspecified atom stereocenters. The van der Waals surface area contributed by atoms with Crippen molar-refractivity contribution in [3.63, 3.8) is 0 Å². The molecule has 4 nitrogen and oxygen atoms in total. The molecule has 0 atom stereocenters. The van der Waals surface area contributed by atoms with Gasteiger partial charge in [0.15, 0.2) is 5.76 Å². The van der Waals surface area contributed by atoms with Gasteiger partial charge in [-0.1, -0.05) is 11.2 Å². The van der Waals surface area contributed by atoms with Crippen LogP contribution in [-0.4, -0.2) is 5.16 Å². The number of rotatable bonds is 4. The van der Waals surface area contributed by atoms with E-state index in [1.807, 2.05) is 19.1 Å². The van der Waals surface area contributed by atoms with Gasteiger partial charge in [-0.25, -0.2) is 4.39 Å². The van der Waals surface area contributed by atoms with E-state index in [0.717, 1.165) is 5.69 Å². The summed E-state index contributed by atoms with van der Waals surface area (Å²) < 4.78 is 18.6. The number of aryl methyl sites for hydroxylation is 1. The lowest BCUT2D eigenvalue weighted by Crippen LogP contribution is -2.13. The predicted molar refractivity (Wildman–Crippen MR) is 62.9 cm³/mol. The number of halogens is 1. The summed E-state index contributed by atoms with van der Waals surface area (Å²) in [4.78, 5) is 0. The van der Waals surface area contributed by atoms with Crippen LogP contribution in [0.25, 0.3) is 0 Å². The number of nitrogens with one attached hydrogen (secondary N) is 1. The highest BCUT2D eigenvalue weighted by Gasteiger charge is 2.04. The summed E-state index contributed by atoms with van der Waals surface area (Å²) in [6.07, 6.45) is 0. The minimum Gasteiger partial charge on any atom is -0.360 e. The number of benzene rings is 1. The van der Waals surface area contributed by atoms with Crippen LogP contribution < -0.4 is 5.32 Å². The van der Waals surface area contributed by atoms with Crippen LogP contribution in [0.3, 0.4) is 0 Å². The van der Waals surface area contributed by atoms with Crippen molar-refractivity contribution >= 4 is 0 Å². The topological polar surface area (TPSA) is 61.9 Å². The van der Waals surface area contributed by atoms with Crippen LogP contribution in [0.15, 0.2) is 28.8 Å². The van der Waals surface area contributed by atoms with E-state index in [2.05, 4.69) is 10.5 Å². The van der Waals surface area contributed by atoms with E-state index < -0.39 is 0 Å². The second kappa shape index (κ2) is 5.43. The zero-order chi connectivity index (χ0) is 13.0. The van der Waals surface area contributed by atoms with Gasteiger partial charge in [0.1, 0.15) is 5.82 Å². The Morgan fingerprint density at radius 1 is 1.39 bits per heavy atom. The van der Waals surface area contributed by atoms with Gasteiger partial charge in [0.25, 0.3) is 0 Å². The molecule has 0 saturated carbocycles. The summed E-state index contributed by atoms with van der Waals surface area (Å²) in [7, 11) is 0. The molecular formula is C13H12FN3O. The van der Waals surface area contributed by atoms with Crippen LogP contribution in [0.1, 0.15) is 22.6 Å². The fourth-order valence-electron chi connectivity index (χ4n) is 1.58. The molecule has 92 valence electrons. The Kier molecular flexibility index (Phi) is 3.70. The molecule has 2 aromatic rings. The SMILES string of the molecule is Cc1cc(CNCc2ccc(C#N)cc2F)on1. The first-order valence-corrected chi connectivity index (χ1v) is 5.50. The van der Waals surface area contributed by atoms with E-state index in [0.29, 0.717) is 30.0 Å². The number of hydrogen-bond acceptors (Lipinski definition) is 4. The highest BCUT2D eigenvalue weighted by molar-refractivity contribution is 5.32. The van der Waals surface area contributed by atoms with Gasteiger partial charge in [0.2, 0.25) is 0 Å². The van der Waals surface area contributed by atoms with Gasteiger partial charge in [-0.15, -0.1) is 0 Å². The van der Waals surface area contributed by atoms with Gasteiger partial charge in [0, 0.05) is 18.2 Å². The van der Waals surface area contributed by atoms with Gasteiger partial charge in [0.05, 0.1) is 23.9 Å². The van der Waals surface area contributed by atoms with Gasteiger partial charge in [-0.3, -0.25) is 0 Å². The third-order valence-electron chi connectivity index (χ3n) is 2.47. The second-order valence-electron chi connectivity index (χ2n) is 3.96. The van der Waals surface area contributed by atoms with Crippen LogP contribution in [0.5, 0.6) is 0 Å². The van der Waals surface area contributed by atoms with Crippen LogP contribution >= 0.6 is 0 Å². The zero-order valence-corrected chi connectivity index (χ0v) is 9.90. The monoisotopic (exact) mass is 245 g/mol. The van der Waals surface area contributed by atoms with Crippen molar-refractivity contribution in [2.45, 2.75) is 20.0 Å². The minimum atomic E-state index is -0.379. The summed E-state index contributed by atoms with van der Waals surface area (Å²) in [5.41, 5.74) is 1.66. The van der Waals surface area contributed by atoms with E-state index in [4.69, 9.17) is 9.78 Å². The Morgan fingerprint density at radius 2 is 2.22 bits per heavy atom. The normalized spacial score (nSPS) is 10.3. The molecular weight excluding hydrogens is 233 g/mol. The maximum absolute atomic E-state index is 13.5. The fraction of sp³-hybridized carbons (Fsp3) is 0.231. The minimum absolute atomic E-state index is 0.321. The Morgan fingerprint density at radius 3 is 2.83 bits per heavy atom. The highest BCUT2D eigenvalue weighted by Crippen LogP contribution is 2.10. The molecule has 1 N–H and O–H groups in total. The first kappa shape index (κ1) is 12.3. The smallest absolute Gasteiger partial charge is 0.150 e. The first-order chi connectivity index (χ1) is 8.69. The fourth-order valence-corrected chi connectivity index (χ4v) is 1.58. The van der Waals surface area contributed by atoms with Gasteiger partial charge < -0.3 is 9.84 Å². The average Bonchev–Trinajstić information content (AvgIpc) is 2.77. The lowest BCUT2D eigenvalue weighted by atomic mass is 10.1. The second-order valence-corrected chi connectivity index (χ2v) is 3.96. The molecule has 0 bridgehead atoms. The third kappa shape index (κ3) is 2.93. The van der Waals surface area contributed by atoms with E-state index in [1.165, 1.54) is 6.07 Å². The van der Waals surface area contributed by atoms with Crippen molar-refractivity contribution < 1.29 is 8.91 Å². The quantitative estimate of drug-likeness (QED) is 0.897. The van der Waals surface area contributed by atoms with Gasteiger partial charge in [-0.05, 0) is 19.1 Å². The predicted octanol–water partition coefficient (Wildman–Crippen LogP) is 2.28. The van der Waals surface area contributed by atoms with E-state index >= 15 is 0 Å². The molecule has 1 heterocycles. The lowest BCUT2D eigenvalue weighted by molar-refractivity contribution is 0.369. The molecule has 18 heavy (non-hydrogen) atoms. The molecule has 0 amide bonds. The lowest BCUT2D eigenvalue weighted by Gasteiger charge is -2.04. The standard InChI is InChI=1S/C13H12FN3O/c1-9-4-12(18-17-9)8-16-7-11-3-2-10(6-15)5-13(11)14/h2-5,16H,7-8H2,1H3. The van der Waals surface area contributed by atoms with Crippen LogP contribution in [-0.2, 0) is 13.1 Å². The molecule has 0 spiro atoms. The maximum atomic E-state index is 13.5. The number of nitriles is 1. The van der Waals surface area contributed by atoms with Gasteiger partial charge >= 0.3 is 0 Å². The van der Waals surface area contributed by atoms with Crippen LogP contribution in [0.2, 0.25) is 0 Å². The van der Waals surface area contributed by atoms with Crippen molar-refractivity contribution in [3.05, 3.63) is 52.7 Å². The zero-order valence-electron chi connectivity index (χ0n) is 9.90. The largest absolute Gasteiger partial charge is 0.360 e. The first-order valence-electron chi connectivity index (χ1n) is 5.50. The van der Waals surface area contributed by atoms with E-state index in [1.54, 1.807) is 12.1 Å². The number of hydrogen-bond donors (Lipinski definition) is 1. The molecule has 0 saturated heterocycles. The molecule has 2 rings (SSSR count). The maximum Gasteiger partial charge on any atom is 0.150 e. The molecule has 1 aromatic carbocycles. The highest BCUT2D eigenvalue weighted by atomic mass is 19.1. The summed E-state index contributed by atoms with van der Waals surface area (Å²) in [5.74, 6) is 0.330. The van der Waals surface area contributed by atoms with Crippen LogP contribution in [0.4, 0.5) is 4.39 Å². The van der Waals surface area contributed by atoms with E-state index in [9.17, 15) is 4.39 Å². The molecule has 0 aliphatic carbocycles. The Bertz CT molecular complexity index is 586. The molecule has 1 aromatic heterocycles. The summed E-state index contributed by atoms with van der Waals surface area (Å²) in [5, 5.41) is 15.4. The Balaban J connectivity index is 1.92. The van der Waals surface area contributed by atoms with Crippen LogP contribution in [0, 0.1) is 24.1 Å². The van der Waals surface area contributed by atoms with Crippen molar-refractivity contribution in [2.24, 2.45) is 0 Å². The summed E-state index contributed by atoms with van der Waals surface area (Å²) >= 11 is 0.